The fraction of sp³-hybridized carbons (Fsp3) is 0.476. The van der Waals surface area contributed by atoms with Crippen molar-refractivity contribution in [1.82, 2.24) is 15.2 Å². The second-order valence-electron chi connectivity index (χ2n) is 7.55. The lowest BCUT2D eigenvalue weighted by Gasteiger charge is -2.30. The number of amides is 2. The largest absolute Gasteiger partial charge is 0.492 e. The average molecular weight is 449 g/mol. The zero-order chi connectivity index (χ0) is 22.5. The molecule has 0 spiro atoms. The van der Waals surface area contributed by atoms with E-state index >= 15 is 0 Å². The van der Waals surface area contributed by atoms with E-state index in [1.807, 2.05) is 0 Å². The summed E-state index contributed by atoms with van der Waals surface area (Å²) in [5, 5.41) is 7.53. The number of carbonyl (C=O) groups excluding carboxylic acids is 2. The standard InChI is InChI=1S/C21H28N4O5S/c1-12(2)25(13(3)4)9-8-22-20(27)15-10-31-21(23-15)24-19(26)14-6-7-16-18(17(14)28-5)30-11-29-16/h6-7,10,12-13H,8-9,11H2,1-5H3,(H,22,27)(H,23,24,26). The minimum absolute atomic E-state index is 0.0772. The van der Waals surface area contributed by atoms with Crippen molar-refractivity contribution < 1.29 is 23.8 Å². The van der Waals surface area contributed by atoms with Gasteiger partial charge >= 0.3 is 0 Å². The Bertz CT molecular complexity index is 936. The average Bonchev–Trinajstić information content (AvgIpc) is 3.38. The van der Waals surface area contributed by atoms with Crippen LogP contribution in [0.5, 0.6) is 17.2 Å². The minimum atomic E-state index is -0.416. The van der Waals surface area contributed by atoms with E-state index in [1.165, 1.54) is 18.4 Å². The van der Waals surface area contributed by atoms with Gasteiger partial charge in [-0.05, 0) is 39.8 Å². The molecular weight excluding hydrogens is 420 g/mol. The van der Waals surface area contributed by atoms with Crippen molar-refractivity contribution in [1.29, 1.82) is 0 Å². The Labute approximate surface area is 185 Å². The van der Waals surface area contributed by atoms with E-state index in [-0.39, 0.29) is 24.0 Å². The number of aromatic nitrogens is 1. The van der Waals surface area contributed by atoms with E-state index in [2.05, 4.69) is 48.2 Å². The van der Waals surface area contributed by atoms with Crippen LogP contribution in [0.3, 0.4) is 0 Å². The van der Waals surface area contributed by atoms with Crippen LogP contribution in [0.1, 0.15) is 48.5 Å². The Balaban J connectivity index is 1.60. The molecule has 0 unspecified atom stereocenters. The molecule has 0 radical (unpaired) electrons. The molecular formula is C21H28N4O5S. The molecule has 9 nitrogen and oxygen atoms in total. The number of hydrogen-bond acceptors (Lipinski definition) is 8. The highest BCUT2D eigenvalue weighted by Gasteiger charge is 2.25. The zero-order valence-corrected chi connectivity index (χ0v) is 19.2. The van der Waals surface area contributed by atoms with Gasteiger partial charge in [-0.15, -0.1) is 11.3 Å². The Kier molecular flexibility index (Phi) is 7.34. The van der Waals surface area contributed by atoms with E-state index < -0.39 is 5.91 Å². The molecule has 2 N–H and O–H groups in total. The molecule has 1 aliphatic heterocycles. The number of rotatable bonds is 9. The van der Waals surface area contributed by atoms with Gasteiger partial charge in [-0.25, -0.2) is 4.98 Å². The number of benzene rings is 1. The predicted molar refractivity (Wildman–Crippen MR) is 118 cm³/mol. The third kappa shape index (κ3) is 5.26. The summed E-state index contributed by atoms with van der Waals surface area (Å²) in [5.41, 5.74) is 0.550. The maximum absolute atomic E-state index is 12.7. The first-order valence-corrected chi connectivity index (χ1v) is 11.0. The molecule has 1 aliphatic rings. The molecule has 0 fully saturated rings. The van der Waals surface area contributed by atoms with E-state index in [0.717, 1.165) is 6.54 Å². The molecule has 2 amide bonds. The number of carbonyl (C=O) groups is 2. The van der Waals surface area contributed by atoms with Crippen molar-refractivity contribution in [2.24, 2.45) is 0 Å². The minimum Gasteiger partial charge on any atom is -0.492 e. The SMILES string of the molecule is COc1c(C(=O)Nc2nc(C(=O)NCCN(C(C)C)C(C)C)cs2)ccc2c1OCO2. The van der Waals surface area contributed by atoms with Crippen LogP contribution >= 0.6 is 11.3 Å². The highest BCUT2D eigenvalue weighted by atomic mass is 32.1. The number of thiazole rings is 1. The summed E-state index contributed by atoms with van der Waals surface area (Å²) in [6.07, 6.45) is 0. The van der Waals surface area contributed by atoms with Gasteiger partial charge in [0.05, 0.1) is 12.7 Å². The Hall–Kier alpha value is -2.85. The molecule has 2 aromatic rings. The molecule has 1 aromatic carbocycles. The summed E-state index contributed by atoms with van der Waals surface area (Å²) in [6.45, 7) is 9.87. The van der Waals surface area contributed by atoms with Gasteiger partial charge in [-0.1, -0.05) is 0 Å². The molecule has 0 aliphatic carbocycles. The molecule has 10 heteroatoms. The van der Waals surface area contributed by atoms with Gasteiger partial charge in [0.1, 0.15) is 5.69 Å². The molecule has 0 atom stereocenters. The number of ether oxygens (including phenoxy) is 3. The first-order chi connectivity index (χ1) is 14.8. The Morgan fingerprint density at radius 2 is 1.94 bits per heavy atom. The molecule has 0 saturated carbocycles. The summed E-state index contributed by atoms with van der Waals surface area (Å²) < 4.78 is 16.0. The fourth-order valence-electron chi connectivity index (χ4n) is 3.43. The molecule has 0 bridgehead atoms. The number of anilines is 1. The van der Waals surface area contributed by atoms with Gasteiger partial charge < -0.3 is 19.5 Å². The summed E-state index contributed by atoms with van der Waals surface area (Å²) in [6, 6.07) is 4.04. The maximum atomic E-state index is 12.7. The summed E-state index contributed by atoms with van der Waals surface area (Å²) in [5.74, 6) is 0.522. The van der Waals surface area contributed by atoms with Gasteiger partial charge in [-0.3, -0.25) is 19.8 Å². The number of hydrogen-bond donors (Lipinski definition) is 2. The van der Waals surface area contributed by atoms with Crippen LogP contribution in [0.15, 0.2) is 17.5 Å². The zero-order valence-electron chi connectivity index (χ0n) is 18.4. The number of fused-ring (bicyclic) bond motifs is 1. The van der Waals surface area contributed by atoms with Gasteiger partial charge in [0.15, 0.2) is 16.6 Å². The lowest BCUT2D eigenvalue weighted by Crippen LogP contribution is -2.42. The van der Waals surface area contributed by atoms with Crippen molar-refractivity contribution >= 4 is 28.3 Å². The van der Waals surface area contributed by atoms with Gasteiger partial charge in [0.2, 0.25) is 12.5 Å². The highest BCUT2D eigenvalue weighted by molar-refractivity contribution is 7.14. The van der Waals surface area contributed by atoms with Crippen molar-refractivity contribution in [3.8, 4) is 17.2 Å². The van der Waals surface area contributed by atoms with Crippen LogP contribution in [-0.4, -0.2) is 60.8 Å². The van der Waals surface area contributed by atoms with Gasteiger partial charge in [-0.2, -0.15) is 0 Å². The second kappa shape index (κ2) is 9.97. The third-order valence-corrected chi connectivity index (χ3v) is 5.64. The van der Waals surface area contributed by atoms with Crippen LogP contribution in [-0.2, 0) is 0 Å². The van der Waals surface area contributed by atoms with Crippen LogP contribution < -0.4 is 24.8 Å². The van der Waals surface area contributed by atoms with Crippen molar-refractivity contribution in [2.45, 2.75) is 39.8 Å². The fourth-order valence-corrected chi connectivity index (χ4v) is 4.12. The summed E-state index contributed by atoms with van der Waals surface area (Å²) in [7, 11) is 1.46. The van der Waals surface area contributed by atoms with E-state index in [4.69, 9.17) is 14.2 Å². The van der Waals surface area contributed by atoms with Gasteiger partial charge in [0.25, 0.3) is 11.8 Å². The summed E-state index contributed by atoms with van der Waals surface area (Å²) >= 11 is 1.18. The molecule has 2 heterocycles. The molecule has 3 rings (SSSR count). The third-order valence-electron chi connectivity index (χ3n) is 4.88. The first-order valence-electron chi connectivity index (χ1n) is 10.1. The van der Waals surface area contributed by atoms with E-state index in [0.29, 0.717) is 41.0 Å². The summed E-state index contributed by atoms with van der Waals surface area (Å²) in [4.78, 5) is 31.7. The van der Waals surface area contributed by atoms with Crippen LogP contribution in [0.25, 0.3) is 0 Å². The smallest absolute Gasteiger partial charge is 0.270 e. The lowest BCUT2D eigenvalue weighted by atomic mass is 10.1. The topological polar surface area (TPSA) is 102 Å². The molecule has 31 heavy (non-hydrogen) atoms. The Morgan fingerprint density at radius 1 is 1.19 bits per heavy atom. The normalized spacial score (nSPS) is 12.5. The van der Waals surface area contributed by atoms with Crippen molar-refractivity contribution in [2.75, 3.05) is 32.3 Å². The second-order valence-corrected chi connectivity index (χ2v) is 8.41. The lowest BCUT2D eigenvalue weighted by molar-refractivity contribution is 0.0934. The molecule has 1 aromatic heterocycles. The maximum Gasteiger partial charge on any atom is 0.270 e. The van der Waals surface area contributed by atoms with Crippen LogP contribution in [0.2, 0.25) is 0 Å². The first kappa shape index (κ1) is 22.8. The van der Waals surface area contributed by atoms with Gasteiger partial charge in [0, 0.05) is 30.6 Å². The molecule has 0 saturated heterocycles. The van der Waals surface area contributed by atoms with Crippen molar-refractivity contribution in [3.05, 3.63) is 28.8 Å². The number of methoxy groups -OCH3 is 1. The monoisotopic (exact) mass is 448 g/mol. The highest BCUT2D eigenvalue weighted by Crippen LogP contribution is 2.43. The Morgan fingerprint density at radius 3 is 2.61 bits per heavy atom. The van der Waals surface area contributed by atoms with Crippen LogP contribution in [0, 0.1) is 0 Å². The van der Waals surface area contributed by atoms with Crippen molar-refractivity contribution in [3.63, 3.8) is 0 Å². The quantitative estimate of drug-likeness (QED) is 0.608. The predicted octanol–water partition coefficient (Wildman–Crippen LogP) is 2.98. The van der Waals surface area contributed by atoms with Crippen LogP contribution in [0.4, 0.5) is 5.13 Å². The number of nitrogens with one attached hydrogen (secondary N) is 2. The van der Waals surface area contributed by atoms with E-state index in [9.17, 15) is 9.59 Å². The molecule has 168 valence electrons. The number of nitrogens with zero attached hydrogens (tertiary/aromatic N) is 2. The van der Waals surface area contributed by atoms with E-state index in [1.54, 1.807) is 17.5 Å².